The first-order chi connectivity index (χ1) is 13.0. The van der Waals surface area contributed by atoms with Gasteiger partial charge in [-0.15, -0.1) is 0 Å². The first kappa shape index (κ1) is 19.4. The Bertz CT molecular complexity index is 867. The molecule has 1 aliphatic heterocycles. The molecule has 0 aliphatic carbocycles. The Morgan fingerprint density at radius 2 is 1.85 bits per heavy atom. The number of carbonyl (C=O) groups excluding carboxylic acids is 1. The Labute approximate surface area is 160 Å². The van der Waals surface area contributed by atoms with E-state index in [2.05, 4.69) is 5.32 Å². The van der Waals surface area contributed by atoms with Gasteiger partial charge in [-0.05, 0) is 42.7 Å². The van der Waals surface area contributed by atoms with Gasteiger partial charge in [0.05, 0.1) is 18.8 Å². The van der Waals surface area contributed by atoms with Crippen LogP contribution in [0.25, 0.3) is 0 Å². The SMILES string of the molecule is COc1ccc(NC(=O)[C@H]2CCCN(S(=O)(=O)Cc3ccccc3)C2)cc1. The first-order valence-electron chi connectivity index (χ1n) is 8.94. The fraction of sp³-hybridized carbons (Fsp3) is 0.350. The highest BCUT2D eigenvalue weighted by molar-refractivity contribution is 7.88. The summed E-state index contributed by atoms with van der Waals surface area (Å²) in [5, 5.41) is 2.87. The molecule has 1 amide bonds. The number of rotatable bonds is 6. The van der Waals surface area contributed by atoms with E-state index in [1.54, 1.807) is 43.5 Å². The number of nitrogens with zero attached hydrogens (tertiary/aromatic N) is 1. The van der Waals surface area contributed by atoms with Crippen LogP contribution in [0.3, 0.4) is 0 Å². The van der Waals surface area contributed by atoms with E-state index in [-0.39, 0.29) is 24.1 Å². The summed E-state index contributed by atoms with van der Waals surface area (Å²) in [5.74, 6) is 0.163. The molecule has 2 aromatic rings. The lowest BCUT2D eigenvalue weighted by Crippen LogP contribution is -2.44. The molecule has 3 rings (SSSR count). The molecule has 1 aliphatic rings. The zero-order valence-corrected chi connectivity index (χ0v) is 16.1. The highest BCUT2D eigenvalue weighted by atomic mass is 32.2. The summed E-state index contributed by atoms with van der Waals surface area (Å²) >= 11 is 0. The Morgan fingerprint density at radius 3 is 2.52 bits per heavy atom. The zero-order valence-electron chi connectivity index (χ0n) is 15.3. The summed E-state index contributed by atoms with van der Waals surface area (Å²) in [6.45, 7) is 0.679. The smallest absolute Gasteiger partial charge is 0.228 e. The second-order valence-corrected chi connectivity index (χ2v) is 8.63. The monoisotopic (exact) mass is 388 g/mol. The minimum absolute atomic E-state index is 0.0410. The number of sulfonamides is 1. The molecule has 144 valence electrons. The van der Waals surface area contributed by atoms with Gasteiger partial charge in [-0.2, -0.15) is 0 Å². The lowest BCUT2D eigenvalue weighted by atomic mass is 9.99. The van der Waals surface area contributed by atoms with Crippen molar-refractivity contribution < 1.29 is 17.9 Å². The zero-order chi connectivity index (χ0) is 19.3. The molecule has 1 fully saturated rings. The number of anilines is 1. The number of nitrogens with one attached hydrogen (secondary N) is 1. The van der Waals surface area contributed by atoms with E-state index < -0.39 is 10.0 Å². The summed E-state index contributed by atoms with van der Waals surface area (Å²) in [6, 6.07) is 16.2. The molecule has 7 heteroatoms. The van der Waals surface area contributed by atoms with Gasteiger partial charge < -0.3 is 10.1 Å². The Hall–Kier alpha value is -2.38. The second kappa shape index (κ2) is 8.54. The first-order valence-corrected chi connectivity index (χ1v) is 10.6. The van der Waals surface area contributed by atoms with Crippen LogP contribution >= 0.6 is 0 Å². The van der Waals surface area contributed by atoms with Gasteiger partial charge in [0.25, 0.3) is 0 Å². The Kier molecular flexibility index (Phi) is 6.13. The van der Waals surface area contributed by atoms with Crippen molar-refractivity contribution in [3.05, 3.63) is 60.2 Å². The van der Waals surface area contributed by atoms with Crippen molar-refractivity contribution >= 4 is 21.6 Å². The summed E-state index contributed by atoms with van der Waals surface area (Å²) < 4.78 is 32.0. The quantitative estimate of drug-likeness (QED) is 0.826. The second-order valence-electron chi connectivity index (χ2n) is 6.66. The molecule has 0 bridgehead atoms. The van der Waals surface area contributed by atoms with E-state index in [4.69, 9.17) is 4.74 Å². The summed E-state index contributed by atoms with van der Waals surface area (Å²) in [4.78, 5) is 12.6. The number of carbonyl (C=O) groups is 1. The largest absolute Gasteiger partial charge is 0.497 e. The molecule has 1 saturated heterocycles. The fourth-order valence-corrected chi connectivity index (χ4v) is 4.81. The molecular formula is C20H24N2O4S. The van der Waals surface area contributed by atoms with Crippen molar-refractivity contribution in [2.24, 2.45) is 5.92 Å². The van der Waals surface area contributed by atoms with E-state index in [1.165, 1.54) is 4.31 Å². The average molecular weight is 388 g/mol. The fourth-order valence-electron chi connectivity index (χ4n) is 3.20. The van der Waals surface area contributed by atoms with Gasteiger partial charge in [-0.3, -0.25) is 4.79 Å². The molecule has 2 aromatic carbocycles. The van der Waals surface area contributed by atoms with E-state index in [0.717, 1.165) is 5.56 Å². The predicted molar refractivity (Wildman–Crippen MR) is 105 cm³/mol. The number of amides is 1. The van der Waals surface area contributed by atoms with E-state index in [0.29, 0.717) is 30.8 Å². The van der Waals surface area contributed by atoms with Crippen LogP contribution in [-0.4, -0.2) is 38.8 Å². The van der Waals surface area contributed by atoms with Gasteiger partial charge in [0.15, 0.2) is 0 Å². The third-order valence-electron chi connectivity index (χ3n) is 4.70. The number of hydrogen-bond donors (Lipinski definition) is 1. The van der Waals surface area contributed by atoms with Crippen LogP contribution in [0.4, 0.5) is 5.69 Å². The maximum atomic E-state index is 12.7. The van der Waals surface area contributed by atoms with Crippen molar-refractivity contribution in [1.29, 1.82) is 0 Å². The standard InChI is InChI=1S/C20H24N2O4S/c1-26-19-11-9-18(10-12-19)21-20(23)17-8-5-13-22(14-17)27(24,25)15-16-6-3-2-4-7-16/h2-4,6-7,9-12,17H,5,8,13-15H2,1H3,(H,21,23)/t17-/m0/s1. The minimum atomic E-state index is -3.45. The summed E-state index contributed by atoms with van der Waals surface area (Å²) in [7, 11) is -1.86. The van der Waals surface area contributed by atoms with Crippen LogP contribution in [0.2, 0.25) is 0 Å². The molecule has 0 unspecified atom stereocenters. The maximum absolute atomic E-state index is 12.7. The number of hydrogen-bond acceptors (Lipinski definition) is 4. The van der Waals surface area contributed by atoms with Gasteiger partial charge in [-0.1, -0.05) is 30.3 Å². The van der Waals surface area contributed by atoms with Crippen molar-refractivity contribution in [2.75, 3.05) is 25.5 Å². The van der Waals surface area contributed by atoms with Crippen molar-refractivity contribution in [3.63, 3.8) is 0 Å². The molecule has 1 atom stereocenters. The lowest BCUT2D eigenvalue weighted by Gasteiger charge is -2.31. The van der Waals surface area contributed by atoms with Crippen LogP contribution in [0.5, 0.6) is 5.75 Å². The minimum Gasteiger partial charge on any atom is -0.497 e. The van der Waals surface area contributed by atoms with Gasteiger partial charge in [-0.25, -0.2) is 12.7 Å². The molecule has 0 radical (unpaired) electrons. The number of ether oxygens (including phenoxy) is 1. The third kappa shape index (κ3) is 5.08. The highest BCUT2D eigenvalue weighted by Gasteiger charge is 2.32. The number of piperidine rings is 1. The molecule has 27 heavy (non-hydrogen) atoms. The number of methoxy groups -OCH3 is 1. The molecule has 0 spiro atoms. The topological polar surface area (TPSA) is 75.7 Å². The third-order valence-corrected chi connectivity index (χ3v) is 6.51. The lowest BCUT2D eigenvalue weighted by molar-refractivity contribution is -0.120. The van der Waals surface area contributed by atoms with E-state index in [9.17, 15) is 13.2 Å². The van der Waals surface area contributed by atoms with Crippen molar-refractivity contribution in [1.82, 2.24) is 4.31 Å². The van der Waals surface area contributed by atoms with E-state index >= 15 is 0 Å². The molecule has 1 N–H and O–H groups in total. The van der Waals surface area contributed by atoms with Gasteiger partial charge >= 0.3 is 0 Å². The highest BCUT2D eigenvalue weighted by Crippen LogP contribution is 2.23. The van der Waals surface area contributed by atoms with Crippen LogP contribution in [-0.2, 0) is 20.6 Å². The molecule has 0 saturated carbocycles. The summed E-state index contributed by atoms with van der Waals surface area (Å²) in [5.41, 5.74) is 1.42. The Balaban J connectivity index is 1.63. The van der Waals surface area contributed by atoms with Crippen molar-refractivity contribution in [3.8, 4) is 5.75 Å². The molecule has 6 nitrogen and oxygen atoms in total. The van der Waals surface area contributed by atoms with Gasteiger partial charge in [0.2, 0.25) is 15.9 Å². The van der Waals surface area contributed by atoms with Crippen LogP contribution in [0, 0.1) is 5.92 Å². The summed E-state index contributed by atoms with van der Waals surface area (Å²) in [6.07, 6.45) is 1.36. The number of benzene rings is 2. The van der Waals surface area contributed by atoms with Crippen LogP contribution in [0.1, 0.15) is 18.4 Å². The predicted octanol–water partition coefficient (Wildman–Crippen LogP) is 2.88. The average Bonchev–Trinajstić information content (AvgIpc) is 2.69. The van der Waals surface area contributed by atoms with Gasteiger partial charge in [0, 0.05) is 18.8 Å². The molecule has 0 aromatic heterocycles. The van der Waals surface area contributed by atoms with E-state index in [1.807, 2.05) is 18.2 Å². The van der Waals surface area contributed by atoms with Crippen LogP contribution in [0.15, 0.2) is 54.6 Å². The Morgan fingerprint density at radius 1 is 1.15 bits per heavy atom. The van der Waals surface area contributed by atoms with Gasteiger partial charge in [0.1, 0.15) is 5.75 Å². The van der Waals surface area contributed by atoms with Crippen molar-refractivity contribution in [2.45, 2.75) is 18.6 Å². The molecule has 1 heterocycles. The molecular weight excluding hydrogens is 364 g/mol. The maximum Gasteiger partial charge on any atom is 0.228 e. The normalized spacial score (nSPS) is 18.0. The van der Waals surface area contributed by atoms with Crippen LogP contribution < -0.4 is 10.1 Å².